The molecule has 0 heterocycles. The molecule has 1 aliphatic rings. The van der Waals surface area contributed by atoms with Gasteiger partial charge in [0.2, 0.25) is 0 Å². The summed E-state index contributed by atoms with van der Waals surface area (Å²) in [6, 6.07) is 7.15. The Labute approximate surface area is 89.1 Å². The van der Waals surface area contributed by atoms with Crippen LogP contribution in [-0.2, 0) is 6.54 Å². The summed E-state index contributed by atoms with van der Waals surface area (Å²) >= 11 is 0. The van der Waals surface area contributed by atoms with E-state index >= 15 is 0 Å². The molecule has 0 aliphatic heterocycles. The zero-order valence-corrected chi connectivity index (χ0v) is 8.57. The first-order chi connectivity index (χ1) is 7.27. The summed E-state index contributed by atoms with van der Waals surface area (Å²) in [5.74, 6) is -0.0270. The highest BCUT2D eigenvalue weighted by Gasteiger charge is 2.20. The van der Waals surface area contributed by atoms with Crippen LogP contribution in [0.15, 0.2) is 24.3 Å². The third-order valence-electron chi connectivity index (χ3n) is 2.69. The fraction of sp³-hybridized carbons (Fsp3) is 0.417. The van der Waals surface area contributed by atoms with Gasteiger partial charge in [-0.05, 0) is 36.9 Å². The fourth-order valence-electron chi connectivity index (χ4n) is 1.62. The number of carbonyl (C=O) groups is 1. The van der Waals surface area contributed by atoms with Gasteiger partial charge in [-0.2, -0.15) is 0 Å². The Bertz CT molecular complexity index is 358. The van der Waals surface area contributed by atoms with Gasteiger partial charge in [0.15, 0.2) is 0 Å². The van der Waals surface area contributed by atoms with Crippen LogP contribution in [0.25, 0.3) is 0 Å². The molecule has 1 fully saturated rings. The molecule has 1 aromatic rings. The second-order valence-corrected chi connectivity index (χ2v) is 4.04. The SMILES string of the molecule is O=C(O)c1ccccc1CNCC1CC1. The van der Waals surface area contributed by atoms with Crippen LogP contribution in [-0.4, -0.2) is 17.6 Å². The zero-order chi connectivity index (χ0) is 10.7. The van der Waals surface area contributed by atoms with Crippen LogP contribution in [0.5, 0.6) is 0 Å². The quantitative estimate of drug-likeness (QED) is 0.771. The van der Waals surface area contributed by atoms with Crippen molar-refractivity contribution < 1.29 is 9.90 Å². The summed E-state index contributed by atoms with van der Waals surface area (Å²) in [6.45, 7) is 1.66. The lowest BCUT2D eigenvalue weighted by Gasteiger charge is -2.06. The molecule has 3 nitrogen and oxygen atoms in total. The van der Waals surface area contributed by atoms with Crippen molar-refractivity contribution in [1.29, 1.82) is 0 Å². The Kier molecular flexibility index (Phi) is 3.02. The van der Waals surface area contributed by atoms with Gasteiger partial charge in [-0.25, -0.2) is 4.79 Å². The third-order valence-corrected chi connectivity index (χ3v) is 2.69. The monoisotopic (exact) mass is 205 g/mol. The minimum absolute atomic E-state index is 0.404. The lowest BCUT2D eigenvalue weighted by molar-refractivity contribution is 0.0695. The van der Waals surface area contributed by atoms with Crippen LogP contribution in [0.3, 0.4) is 0 Å². The molecule has 0 unspecified atom stereocenters. The van der Waals surface area contributed by atoms with Crippen LogP contribution in [0, 0.1) is 5.92 Å². The van der Waals surface area contributed by atoms with Crippen molar-refractivity contribution >= 4 is 5.97 Å². The average molecular weight is 205 g/mol. The van der Waals surface area contributed by atoms with E-state index in [1.807, 2.05) is 12.1 Å². The Morgan fingerprint density at radius 2 is 2.13 bits per heavy atom. The second kappa shape index (κ2) is 4.45. The molecule has 1 aromatic carbocycles. The van der Waals surface area contributed by atoms with Gasteiger partial charge >= 0.3 is 5.97 Å². The maximum atomic E-state index is 10.9. The first kappa shape index (κ1) is 10.2. The van der Waals surface area contributed by atoms with E-state index in [0.717, 1.165) is 18.0 Å². The van der Waals surface area contributed by atoms with Crippen molar-refractivity contribution in [3.05, 3.63) is 35.4 Å². The van der Waals surface area contributed by atoms with Crippen LogP contribution in [0.2, 0.25) is 0 Å². The molecule has 2 N–H and O–H groups in total. The largest absolute Gasteiger partial charge is 0.478 e. The summed E-state index contributed by atoms with van der Waals surface area (Å²) < 4.78 is 0. The maximum absolute atomic E-state index is 10.9. The molecule has 0 atom stereocenters. The number of hydrogen-bond acceptors (Lipinski definition) is 2. The number of aromatic carboxylic acids is 1. The van der Waals surface area contributed by atoms with E-state index in [9.17, 15) is 4.79 Å². The van der Waals surface area contributed by atoms with Crippen molar-refractivity contribution in [3.63, 3.8) is 0 Å². The molecular formula is C12H15NO2. The van der Waals surface area contributed by atoms with Gasteiger partial charge in [-0.1, -0.05) is 18.2 Å². The van der Waals surface area contributed by atoms with Crippen molar-refractivity contribution in [2.24, 2.45) is 5.92 Å². The van der Waals surface area contributed by atoms with Crippen molar-refractivity contribution in [2.75, 3.05) is 6.54 Å². The summed E-state index contributed by atoms with van der Waals surface area (Å²) in [5.41, 5.74) is 1.27. The lowest BCUT2D eigenvalue weighted by atomic mass is 10.1. The number of hydrogen-bond donors (Lipinski definition) is 2. The third kappa shape index (κ3) is 2.80. The van der Waals surface area contributed by atoms with Gasteiger partial charge in [0.25, 0.3) is 0 Å². The molecule has 0 amide bonds. The first-order valence-corrected chi connectivity index (χ1v) is 5.29. The van der Waals surface area contributed by atoms with Gasteiger partial charge in [0, 0.05) is 6.54 Å². The van der Waals surface area contributed by atoms with Crippen molar-refractivity contribution in [1.82, 2.24) is 5.32 Å². The van der Waals surface area contributed by atoms with Crippen LogP contribution >= 0.6 is 0 Å². The first-order valence-electron chi connectivity index (χ1n) is 5.29. The molecule has 1 saturated carbocycles. The molecule has 3 heteroatoms. The molecule has 80 valence electrons. The van der Waals surface area contributed by atoms with Crippen molar-refractivity contribution in [2.45, 2.75) is 19.4 Å². The van der Waals surface area contributed by atoms with E-state index in [2.05, 4.69) is 5.32 Å². The molecule has 0 bridgehead atoms. The minimum atomic E-state index is -0.848. The number of nitrogens with one attached hydrogen (secondary N) is 1. The minimum Gasteiger partial charge on any atom is -0.478 e. The topological polar surface area (TPSA) is 49.3 Å². The Morgan fingerprint density at radius 1 is 1.40 bits per heavy atom. The Morgan fingerprint density at radius 3 is 2.80 bits per heavy atom. The number of benzene rings is 1. The van der Waals surface area contributed by atoms with Crippen LogP contribution in [0.4, 0.5) is 0 Å². The van der Waals surface area contributed by atoms with E-state index in [4.69, 9.17) is 5.11 Å². The molecule has 2 rings (SSSR count). The predicted octanol–water partition coefficient (Wildman–Crippen LogP) is 1.88. The highest BCUT2D eigenvalue weighted by Crippen LogP contribution is 2.27. The van der Waals surface area contributed by atoms with Gasteiger partial charge < -0.3 is 10.4 Å². The predicted molar refractivity (Wildman–Crippen MR) is 57.8 cm³/mol. The van der Waals surface area contributed by atoms with Crippen LogP contribution in [0.1, 0.15) is 28.8 Å². The molecule has 0 spiro atoms. The van der Waals surface area contributed by atoms with Crippen LogP contribution < -0.4 is 5.32 Å². The zero-order valence-electron chi connectivity index (χ0n) is 8.57. The summed E-state index contributed by atoms with van der Waals surface area (Å²) in [4.78, 5) is 10.9. The second-order valence-electron chi connectivity index (χ2n) is 4.04. The maximum Gasteiger partial charge on any atom is 0.336 e. The van der Waals surface area contributed by atoms with E-state index in [1.165, 1.54) is 12.8 Å². The lowest BCUT2D eigenvalue weighted by Crippen LogP contribution is -2.18. The molecule has 15 heavy (non-hydrogen) atoms. The summed E-state index contributed by atoms with van der Waals surface area (Å²) in [6.07, 6.45) is 2.63. The van der Waals surface area contributed by atoms with Gasteiger partial charge in [0.1, 0.15) is 0 Å². The van der Waals surface area contributed by atoms with E-state index in [0.29, 0.717) is 12.1 Å². The average Bonchev–Trinajstić information content (AvgIpc) is 3.02. The Hall–Kier alpha value is -1.35. The standard InChI is InChI=1S/C12H15NO2/c14-12(15)11-4-2-1-3-10(11)8-13-7-9-5-6-9/h1-4,9,13H,5-8H2,(H,14,15). The summed E-state index contributed by atoms with van der Waals surface area (Å²) in [7, 11) is 0. The number of carboxylic acids is 1. The van der Waals surface area contributed by atoms with Crippen molar-refractivity contribution in [3.8, 4) is 0 Å². The highest BCUT2D eigenvalue weighted by atomic mass is 16.4. The molecular weight excluding hydrogens is 190 g/mol. The Balaban J connectivity index is 1.95. The van der Waals surface area contributed by atoms with E-state index in [1.54, 1.807) is 12.1 Å². The summed E-state index contributed by atoms with van der Waals surface area (Å²) in [5, 5.41) is 12.3. The normalized spacial score (nSPS) is 15.2. The van der Waals surface area contributed by atoms with E-state index in [-0.39, 0.29) is 0 Å². The smallest absolute Gasteiger partial charge is 0.336 e. The fourth-order valence-corrected chi connectivity index (χ4v) is 1.62. The van der Waals surface area contributed by atoms with E-state index < -0.39 is 5.97 Å². The highest BCUT2D eigenvalue weighted by molar-refractivity contribution is 5.89. The van der Waals surface area contributed by atoms with Gasteiger partial charge in [0.05, 0.1) is 5.56 Å². The van der Waals surface area contributed by atoms with Gasteiger partial charge in [-0.15, -0.1) is 0 Å². The molecule has 0 radical (unpaired) electrons. The molecule has 1 aliphatic carbocycles. The number of carboxylic acid groups (broad SMARTS) is 1. The number of rotatable bonds is 5. The van der Waals surface area contributed by atoms with Gasteiger partial charge in [-0.3, -0.25) is 0 Å². The molecule has 0 saturated heterocycles. The molecule has 0 aromatic heterocycles.